The molecule has 7 heteroatoms. The molecule has 0 atom stereocenters. The van der Waals surface area contributed by atoms with Crippen molar-refractivity contribution < 1.29 is 9.59 Å². The molecule has 0 bridgehead atoms. The number of nitrogens with zero attached hydrogens (tertiary/aromatic N) is 3. The van der Waals surface area contributed by atoms with Crippen LogP contribution in [0.1, 0.15) is 24.3 Å². The number of hydrogen-bond acceptors (Lipinski definition) is 4. The third kappa shape index (κ3) is 2.15. The maximum absolute atomic E-state index is 11.9. The third-order valence-corrected chi connectivity index (χ3v) is 2.51. The molecule has 0 fully saturated rings. The van der Waals surface area contributed by atoms with Crippen LogP contribution in [-0.4, -0.2) is 31.7 Å². The Labute approximate surface area is 103 Å². The summed E-state index contributed by atoms with van der Waals surface area (Å²) in [6.07, 6.45) is 4.84. The number of fused-ring (bicyclic) bond motifs is 1. The maximum Gasteiger partial charge on any atom is 0.272 e. The Morgan fingerprint density at radius 2 is 2.17 bits per heavy atom. The zero-order chi connectivity index (χ0) is 13.3. The molecule has 0 aliphatic rings. The van der Waals surface area contributed by atoms with E-state index in [-0.39, 0.29) is 5.69 Å². The summed E-state index contributed by atoms with van der Waals surface area (Å²) in [4.78, 5) is 31.1. The number of carbonyl (C=O) groups is 2. The largest absolute Gasteiger partial charge is 0.368 e. The minimum atomic E-state index is -1.12. The van der Waals surface area contributed by atoms with Crippen LogP contribution < -0.4 is 11.1 Å². The Bertz CT molecular complexity index is 584. The number of imidazole rings is 1. The summed E-state index contributed by atoms with van der Waals surface area (Å²) in [6, 6.07) is 1.73. The number of rotatable bonds is 3. The van der Waals surface area contributed by atoms with Crippen molar-refractivity contribution in [3.8, 4) is 0 Å². The van der Waals surface area contributed by atoms with Crippen LogP contribution in [0.3, 0.4) is 0 Å². The summed E-state index contributed by atoms with van der Waals surface area (Å²) in [5, 5.41) is 2.52. The Hall–Kier alpha value is -2.44. The fourth-order valence-electron chi connectivity index (χ4n) is 1.35. The highest BCUT2D eigenvalue weighted by molar-refractivity contribution is 5.97. The van der Waals surface area contributed by atoms with Gasteiger partial charge in [0.1, 0.15) is 11.2 Å². The van der Waals surface area contributed by atoms with Crippen LogP contribution in [0.4, 0.5) is 0 Å². The second-order valence-corrected chi connectivity index (χ2v) is 4.40. The highest BCUT2D eigenvalue weighted by Crippen LogP contribution is 2.05. The Morgan fingerprint density at radius 1 is 1.44 bits per heavy atom. The smallest absolute Gasteiger partial charge is 0.272 e. The maximum atomic E-state index is 11.9. The molecule has 2 aromatic rings. The van der Waals surface area contributed by atoms with Crippen molar-refractivity contribution in [1.82, 2.24) is 19.7 Å². The molecule has 2 amide bonds. The molecule has 2 rings (SSSR count). The van der Waals surface area contributed by atoms with Gasteiger partial charge in [-0.2, -0.15) is 0 Å². The van der Waals surface area contributed by atoms with E-state index in [4.69, 9.17) is 5.73 Å². The van der Waals surface area contributed by atoms with Gasteiger partial charge >= 0.3 is 0 Å². The van der Waals surface area contributed by atoms with Crippen LogP contribution in [0, 0.1) is 0 Å². The summed E-state index contributed by atoms with van der Waals surface area (Å²) in [6.45, 7) is 3.06. The number of nitrogens with one attached hydrogen (secondary N) is 1. The normalized spacial score (nSPS) is 11.4. The first-order chi connectivity index (χ1) is 8.40. The molecule has 0 aliphatic carbocycles. The van der Waals surface area contributed by atoms with Crippen molar-refractivity contribution in [2.75, 3.05) is 0 Å². The molecule has 0 unspecified atom stereocenters. The quantitative estimate of drug-likeness (QED) is 0.778. The monoisotopic (exact) mass is 247 g/mol. The molecule has 94 valence electrons. The molecule has 0 aliphatic heterocycles. The Morgan fingerprint density at radius 3 is 2.78 bits per heavy atom. The first-order valence-corrected chi connectivity index (χ1v) is 5.32. The standard InChI is InChI=1S/C11H13N5O2/c1-11(2,9(12)18)15-8(17)7-6-16-5-3-4-13-10(16)14-7/h3-6H,1-2H3,(H2,12,18)(H,15,17). The minimum absolute atomic E-state index is 0.183. The predicted octanol–water partition coefficient (Wildman–Crippen LogP) is -0.277. The molecule has 2 heterocycles. The van der Waals surface area contributed by atoms with E-state index in [1.54, 1.807) is 22.9 Å². The van der Waals surface area contributed by atoms with E-state index >= 15 is 0 Å². The van der Waals surface area contributed by atoms with Crippen LogP contribution in [0.5, 0.6) is 0 Å². The number of aromatic nitrogens is 3. The van der Waals surface area contributed by atoms with Crippen LogP contribution >= 0.6 is 0 Å². The number of nitrogens with two attached hydrogens (primary N) is 1. The lowest BCUT2D eigenvalue weighted by Gasteiger charge is -2.21. The molecule has 7 nitrogen and oxygen atoms in total. The Balaban J connectivity index is 2.26. The molecular weight excluding hydrogens is 234 g/mol. The van der Waals surface area contributed by atoms with Gasteiger partial charge in [0, 0.05) is 18.6 Å². The van der Waals surface area contributed by atoms with Crippen molar-refractivity contribution in [3.05, 3.63) is 30.4 Å². The molecular formula is C11H13N5O2. The summed E-state index contributed by atoms with van der Waals surface area (Å²) in [5.41, 5.74) is 4.24. The molecule has 0 spiro atoms. The number of primary amides is 1. The topological polar surface area (TPSA) is 102 Å². The molecule has 0 aromatic carbocycles. The van der Waals surface area contributed by atoms with Crippen molar-refractivity contribution in [2.24, 2.45) is 5.73 Å². The van der Waals surface area contributed by atoms with Gasteiger partial charge in [0.25, 0.3) is 5.91 Å². The first-order valence-electron chi connectivity index (χ1n) is 5.32. The average Bonchev–Trinajstić information content (AvgIpc) is 2.71. The third-order valence-electron chi connectivity index (χ3n) is 2.51. The van der Waals surface area contributed by atoms with Gasteiger partial charge in [0.15, 0.2) is 0 Å². The van der Waals surface area contributed by atoms with E-state index in [0.29, 0.717) is 5.78 Å². The molecule has 0 radical (unpaired) electrons. The zero-order valence-corrected chi connectivity index (χ0v) is 10.0. The van der Waals surface area contributed by atoms with E-state index in [0.717, 1.165) is 0 Å². The molecule has 0 saturated carbocycles. The lowest BCUT2D eigenvalue weighted by Crippen LogP contribution is -2.53. The fourth-order valence-corrected chi connectivity index (χ4v) is 1.35. The summed E-state index contributed by atoms with van der Waals surface area (Å²) in [5.74, 6) is -0.665. The number of carbonyl (C=O) groups excluding carboxylic acids is 2. The molecule has 18 heavy (non-hydrogen) atoms. The number of amides is 2. The lowest BCUT2D eigenvalue weighted by atomic mass is 10.1. The van der Waals surface area contributed by atoms with E-state index < -0.39 is 17.4 Å². The van der Waals surface area contributed by atoms with Gasteiger partial charge in [0.05, 0.1) is 0 Å². The second kappa shape index (κ2) is 4.10. The van der Waals surface area contributed by atoms with Crippen molar-refractivity contribution in [3.63, 3.8) is 0 Å². The highest BCUT2D eigenvalue weighted by atomic mass is 16.2. The van der Waals surface area contributed by atoms with E-state index in [2.05, 4.69) is 15.3 Å². The molecule has 0 saturated heterocycles. The first kappa shape index (κ1) is 12.0. The summed E-state index contributed by atoms with van der Waals surface area (Å²) >= 11 is 0. The van der Waals surface area contributed by atoms with Crippen LogP contribution in [0.15, 0.2) is 24.7 Å². The van der Waals surface area contributed by atoms with Crippen molar-refractivity contribution in [2.45, 2.75) is 19.4 Å². The molecule has 2 aromatic heterocycles. The van der Waals surface area contributed by atoms with Gasteiger partial charge in [-0.25, -0.2) is 9.97 Å². The minimum Gasteiger partial charge on any atom is -0.368 e. The second-order valence-electron chi connectivity index (χ2n) is 4.40. The van der Waals surface area contributed by atoms with Gasteiger partial charge in [-0.05, 0) is 19.9 Å². The van der Waals surface area contributed by atoms with Crippen molar-refractivity contribution >= 4 is 17.6 Å². The fraction of sp³-hybridized carbons (Fsp3) is 0.273. The SMILES string of the molecule is CC(C)(NC(=O)c1cn2cccnc2n1)C(N)=O. The van der Waals surface area contributed by atoms with Gasteiger partial charge in [0.2, 0.25) is 11.7 Å². The van der Waals surface area contributed by atoms with E-state index in [1.807, 2.05) is 0 Å². The number of hydrogen-bond donors (Lipinski definition) is 2. The lowest BCUT2D eigenvalue weighted by molar-refractivity contribution is -0.122. The highest BCUT2D eigenvalue weighted by Gasteiger charge is 2.28. The van der Waals surface area contributed by atoms with Crippen LogP contribution in [0.2, 0.25) is 0 Å². The van der Waals surface area contributed by atoms with Gasteiger partial charge in [-0.1, -0.05) is 0 Å². The van der Waals surface area contributed by atoms with Crippen LogP contribution in [0.25, 0.3) is 5.78 Å². The van der Waals surface area contributed by atoms with Gasteiger partial charge < -0.3 is 11.1 Å². The van der Waals surface area contributed by atoms with Crippen molar-refractivity contribution in [1.29, 1.82) is 0 Å². The van der Waals surface area contributed by atoms with E-state index in [9.17, 15) is 9.59 Å². The average molecular weight is 247 g/mol. The van der Waals surface area contributed by atoms with Crippen LogP contribution in [-0.2, 0) is 4.79 Å². The van der Waals surface area contributed by atoms with E-state index in [1.165, 1.54) is 20.0 Å². The zero-order valence-electron chi connectivity index (χ0n) is 10.0. The Kier molecular flexibility index (Phi) is 2.74. The molecule has 3 N–H and O–H groups in total. The summed E-state index contributed by atoms with van der Waals surface area (Å²) in [7, 11) is 0. The van der Waals surface area contributed by atoms with Gasteiger partial charge in [-0.3, -0.25) is 14.0 Å². The van der Waals surface area contributed by atoms with Gasteiger partial charge in [-0.15, -0.1) is 0 Å². The predicted molar refractivity (Wildman–Crippen MR) is 63.7 cm³/mol. The summed E-state index contributed by atoms with van der Waals surface area (Å²) < 4.78 is 1.62.